The predicted octanol–water partition coefficient (Wildman–Crippen LogP) is 3.97. The van der Waals surface area contributed by atoms with Gasteiger partial charge in [0.15, 0.2) is 0 Å². The van der Waals surface area contributed by atoms with Crippen LogP contribution in [-0.4, -0.2) is 22.1 Å². The molecule has 23 heavy (non-hydrogen) atoms. The first-order valence-electron chi connectivity index (χ1n) is 6.97. The molecule has 0 spiro atoms. The fraction of sp³-hybridized carbons (Fsp3) is 0.250. The third-order valence-electron chi connectivity index (χ3n) is 3.09. The molecule has 0 atom stereocenters. The van der Waals surface area contributed by atoms with E-state index in [0.717, 1.165) is 5.56 Å². The summed E-state index contributed by atoms with van der Waals surface area (Å²) in [7, 11) is -2.33. The molecule has 0 saturated carbocycles. The average Bonchev–Trinajstić information content (AvgIpc) is 2.49. The molecule has 0 unspecified atom stereocenters. The van der Waals surface area contributed by atoms with Crippen LogP contribution in [0.25, 0.3) is 0 Å². The van der Waals surface area contributed by atoms with Gasteiger partial charge < -0.3 is 9.47 Å². The van der Waals surface area contributed by atoms with Gasteiger partial charge in [-0.1, -0.05) is 22.0 Å². The quantitative estimate of drug-likeness (QED) is 0.797. The maximum atomic E-state index is 12.8. The van der Waals surface area contributed by atoms with Crippen LogP contribution in [0.1, 0.15) is 12.5 Å². The van der Waals surface area contributed by atoms with Crippen molar-refractivity contribution in [1.82, 2.24) is 0 Å². The van der Waals surface area contributed by atoms with Gasteiger partial charge in [0, 0.05) is 4.47 Å². The highest BCUT2D eigenvalue weighted by atomic mass is 79.9. The number of aryl methyl sites for hydroxylation is 1. The van der Waals surface area contributed by atoms with Gasteiger partial charge in [-0.3, -0.25) is 4.72 Å². The molecule has 5 nitrogen and oxygen atoms in total. The Kier molecular flexibility index (Phi) is 5.54. The maximum Gasteiger partial charge on any atom is 0.265 e. The fourth-order valence-corrected chi connectivity index (χ4v) is 3.81. The van der Waals surface area contributed by atoms with E-state index in [9.17, 15) is 8.42 Å². The van der Waals surface area contributed by atoms with Crippen molar-refractivity contribution in [1.29, 1.82) is 0 Å². The summed E-state index contributed by atoms with van der Waals surface area (Å²) in [5.74, 6) is 0.752. The van der Waals surface area contributed by atoms with E-state index < -0.39 is 10.0 Å². The van der Waals surface area contributed by atoms with Gasteiger partial charge in [-0.25, -0.2) is 8.42 Å². The van der Waals surface area contributed by atoms with E-state index in [1.54, 1.807) is 31.2 Å². The highest BCUT2D eigenvalue weighted by Gasteiger charge is 2.22. The summed E-state index contributed by atoms with van der Waals surface area (Å²) in [6, 6.07) is 10.1. The third kappa shape index (κ3) is 4.17. The van der Waals surface area contributed by atoms with Crippen LogP contribution in [0.3, 0.4) is 0 Å². The Morgan fingerprint density at radius 1 is 1.13 bits per heavy atom. The van der Waals surface area contributed by atoms with Crippen LogP contribution >= 0.6 is 15.9 Å². The molecule has 0 aliphatic carbocycles. The first-order chi connectivity index (χ1) is 10.9. The van der Waals surface area contributed by atoms with Crippen molar-refractivity contribution < 1.29 is 17.9 Å². The highest BCUT2D eigenvalue weighted by Crippen LogP contribution is 2.32. The van der Waals surface area contributed by atoms with Gasteiger partial charge >= 0.3 is 0 Å². The number of halogens is 1. The molecule has 0 saturated heterocycles. The van der Waals surface area contributed by atoms with Gasteiger partial charge in [0.1, 0.15) is 16.4 Å². The number of hydrogen-bond acceptors (Lipinski definition) is 4. The second-order valence-electron chi connectivity index (χ2n) is 4.83. The Morgan fingerprint density at radius 3 is 2.48 bits per heavy atom. The number of benzene rings is 2. The average molecular weight is 400 g/mol. The van der Waals surface area contributed by atoms with E-state index in [2.05, 4.69) is 20.7 Å². The molecule has 0 amide bonds. The molecule has 124 valence electrons. The molecule has 2 aromatic carbocycles. The van der Waals surface area contributed by atoms with Crippen molar-refractivity contribution in [2.45, 2.75) is 18.7 Å². The number of ether oxygens (including phenoxy) is 2. The maximum absolute atomic E-state index is 12.8. The lowest BCUT2D eigenvalue weighted by atomic mass is 10.2. The normalized spacial score (nSPS) is 11.1. The number of sulfonamides is 1. The zero-order valence-corrected chi connectivity index (χ0v) is 15.5. The zero-order chi connectivity index (χ0) is 17.0. The SMILES string of the molecule is CCOc1ccc(Br)cc1S(=O)(=O)Nc1cc(C)ccc1OC. The molecule has 0 aromatic heterocycles. The van der Waals surface area contributed by atoms with Gasteiger partial charge in [0.25, 0.3) is 10.0 Å². The van der Waals surface area contributed by atoms with Crippen LogP contribution in [0.4, 0.5) is 5.69 Å². The monoisotopic (exact) mass is 399 g/mol. The van der Waals surface area contributed by atoms with Crippen LogP contribution in [0.2, 0.25) is 0 Å². The summed E-state index contributed by atoms with van der Waals surface area (Å²) in [6.07, 6.45) is 0. The van der Waals surface area contributed by atoms with Crippen LogP contribution in [0, 0.1) is 6.92 Å². The lowest BCUT2D eigenvalue weighted by Gasteiger charge is -2.15. The van der Waals surface area contributed by atoms with E-state index in [0.29, 0.717) is 28.3 Å². The summed E-state index contributed by atoms with van der Waals surface area (Å²) >= 11 is 3.29. The van der Waals surface area contributed by atoms with Crippen molar-refractivity contribution >= 4 is 31.6 Å². The minimum Gasteiger partial charge on any atom is -0.495 e. The standard InChI is InChI=1S/C16H18BrNO4S/c1-4-22-15-8-6-12(17)10-16(15)23(19,20)18-13-9-11(2)5-7-14(13)21-3/h5-10,18H,4H2,1-3H3. The lowest BCUT2D eigenvalue weighted by molar-refractivity contribution is 0.331. The van der Waals surface area contributed by atoms with Crippen molar-refractivity contribution in [3.63, 3.8) is 0 Å². The summed E-state index contributed by atoms with van der Waals surface area (Å²) in [4.78, 5) is 0.0669. The molecule has 0 aliphatic rings. The molecule has 0 aliphatic heterocycles. The van der Waals surface area contributed by atoms with Crippen LogP contribution in [0.15, 0.2) is 45.8 Å². The molecule has 7 heteroatoms. The molecule has 2 rings (SSSR count). The van der Waals surface area contributed by atoms with Gasteiger partial charge in [0.2, 0.25) is 0 Å². The van der Waals surface area contributed by atoms with Crippen LogP contribution < -0.4 is 14.2 Å². The summed E-state index contributed by atoms with van der Waals surface area (Å²) < 4.78 is 39.4. The Labute approximate surface area is 144 Å². The van der Waals surface area contributed by atoms with E-state index >= 15 is 0 Å². The third-order valence-corrected chi connectivity index (χ3v) is 4.97. The first kappa shape index (κ1) is 17.6. The first-order valence-corrected chi connectivity index (χ1v) is 9.25. The minimum atomic E-state index is -3.82. The number of methoxy groups -OCH3 is 1. The van der Waals surface area contributed by atoms with Crippen molar-refractivity contribution in [2.75, 3.05) is 18.4 Å². The smallest absolute Gasteiger partial charge is 0.265 e. The van der Waals surface area contributed by atoms with Gasteiger partial charge in [-0.15, -0.1) is 0 Å². The summed E-state index contributed by atoms with van der Waals surface area (Å²) in [5.41, 5.74) is 1.30. The molecule has 0 radical (unpaired) electrons. The predicted molar refractivity (Wildman–Crippen MR) is 93.9 cm³/mol. The number of rotatable bonds is 6. The zero-order valence-electron chi connectivity index (χ0n) is 13.1. The number of nitrogens with one attached hydrogen (secondary N) is 1. The molecular weight excluding hydrogens is 382 g/mol. The molecule has 0 fully saturated rings. The van der Waals surface area contributed by atoms with Crippen LogP contribution in [0.5, 0.6) is 11.5 Å². The molecule has 0 bridgehead atoms. The Hall–Kier alpha value is -1.73. The van der Waals surface area contributed by atoms with Crippen molar-refractivity contribution in [3.8, 4) is 11.5 Å². The second-order valence-corrected chi connectivity index (χ2v) is 7.40. The number of anilines is 1. The Bertz CT molecular complexity index is 806. The minimum absolute atomic E-state index is 0.0669. The van der Waals surface area contributed by atoms with E-state index in [1.807, 2.05) is 13.0 Å². The fourth-order valence-electron chi connectivity index (χ4n) is 2.07. The number of hydrogen-bond donors (Lipinski definition) is 1. The Balaban J connectivity index is 2.47. The van der Waals surface area contributed by atoms with E-state index in [-0.39, 0.29) is 4.90 Å². The van der Waals surface area contributed by atoms with Gasteiger partial charge in [-0.05, 0) is 49.7 Å². The topological polar surface area (TPSA) is 64.6 Å². The van der Waals surface area contributed by atoms with Gasteiger partial charge in [0.05, 0.1) is 19.4 Å². The van der Waals surface area contributed by atoms with Crippen molar-refractivity contribution in [2.24, 2.45) is 0 Å². The molecule has 2 aromatic rings. The van der Waals surface area contributed by atoms with E-state index in [1.165, 1.54) is 13.2 Å². The Morgan fingerprint density at radius 2 is 1.83 bits per heavy atom. The molecule has 0 heterocycles. The van der Waals surface area contributed by atoms with E-state index in [4.69, 9.17) is 9.47 Å². The summed E-state index contributed by atoms with van der Waals surface area (Å²) in [5, 5.41) is 0. The molecular formula is C16H18BrNO4S. The largest absolute Gasteiger partial charge is 0.495 e. The lowest BCUT2D eigenvalue weighted by Crippen LogP contribution is -2.15. The van der Waals surface area contributed by atoms with Gasteiger partial charge in [-0.2, -0.15) is 0 Å². The van der Waals surface area contributed by atoms with Crippen molar-refractivity contribution in [3.05, 3.63) is 46.4 Å². The van der Waals surface area contributed by atoms with Crippen LogP contribution in [-0.2, 0) is 10.0 Å². The highest BCUT2D eigenvalue weighted by molar-refractivity contribution is 9.10. The second kappa shape index (κ2) is 7.23. The molecule has 1 N–H and O–H groups in total. The summed E-state index contributed by atoms with van der Waals surface area (Å²) in [6.45, 7) is 4.05.